The van der Waals surface area contributed by atoms with Gasteiger partial charge in [-0.1, -0.05) is 0 Å². The first-order chi connectivity index (χ1) is 7.94. The second-order valence-electron chi connectivity index (χ2n) is 4.65. The van der Waals surface area contributed by atoms with Gasteiger partial charge in [-0.2, -0.15) is 9.94 Å². The van der Waals surface area contributed by atoms with Gasteiger partial charge in [0.1, 0.15) is 0 Å². The number of hydrogen-bond donors (Lipinski definition) is 0. The Labute approximate surface area is 100 Å². The van der Waals surface area contributed by atoms with Crippen LogP contribution in [0.5, 0.6) is 0 Å². The van der Waals surface area contributed by atoms with Gasteiger partial charge in [-0.05, 0) is 38.0 Å². The van der Waals surface area contributed by atoms with E-state index in [9.17, 15) is 10.1 Å². The van der Waals surface area contributed by atoms with Crippen molar-refractivity contribution in [2.24, 2.45) is 5.41 Å². The maximum Gasteiger partial charge on any atom is 0.389 e. The summed E-state index contributed by atoms with van der Waals surface area (Å²) in [5.74, 6) is -0.123. The van der Waals surface area contributed by atoms with E-state index in [2.05, 4.69) is 11.2 Å². The molecule has 0 amide bonds. The SMILES string of the molecule is CC(C)(C#N)CCCCn1ccc([N+](=O)[O-])n1. The minimum Gasteiger partial charge on any atom is -0.358 e. The number of aryl methyl sites for hydroxylation is 1. The van der Waals surface area contributed by atoms with Crippen LogP contribution in [0.25, 0.3) is 0 Å². The summed E-state index contributed by atoms with van der Waals surface area (Å²) in [6.07, 6.45) is 4.21. The fourth-order valence-corrected chi connectivity index (χ4v) is 1.47. The van der Waals surface area contributed by atoms with Crippen molar-refractivity contribution in [1.29, 1.82) is 5.26 Å². The Hall–Kier alpha value is -1.90. The van der Waals surface area contributed by atoms with Gasteiger partial charge in [0.25, 0.3) is 0 Å². The number of nitro groups is 1. The first-order valence-corrected chi connectivity index (χ1v) is 5.54. The lowest BCUT2D eigenvalue weighted by atomic mass is 9.89. The minimum atomic E-state index is -0.505. The maximum absolute atomic E-state index is 10.4. The molecule has 0 spiro atoms. The monoisotopic (exact) mass is 236 g/mol. The summed E-state index contributed by atoms with van der Waals surface area (Å²) in [6, 6.07) is 3.64. The van der Waals surface area contributed by atoms with Crippen LogP contribution in [-0.2, 0) is 6.54 Å². The van der Waals surface area contributed by atoms with Crippen molar-refractivity contribution in [2.45, 2.75) is 39.7 Å². The number of rotatable bonds is 6. The van der Waals surface area contributed by atoms with Crippen molar-refractivity contribution in [3.8, 4) is 6.07 Å². The summed E-state index contributed by atoms with van der Waals surface area (Å²) in [5, 5.41) is 23.1. The van der Waals surface area contributed by atoms with E-state index in [-0.39, 0.29) is 11.2 Å². The van der Waals surface area contributed by atoms with Crippen LogP contribution >= 0.6 is 0 Å². The van der Waals surface area contributed by atoms with Crippen molar-refractivity contribution in [1.82, 2.24) is 9.78 Å². The molecule has 0 N–H and O–H groups in total. The van der Waals surface area contributed by atoms with Crippen LogP contribution in [0, 0.1) is 26.9 Å². The van der Waals surface area contributed by atoms with Crippen molar-refractivity contribution in [2.75, 3.05) is 0 Å². The molecule has 0 saturated carbocycles. The summed E-state index contributed by atoms with van der Waals surface area (Å²) < 4.78 is 1.57. The van der Waals surface area contributed by atoms with Gasteiger partial charge in [0.05, 0.1) is 35.4 Å². The Kier molecular flexibility index (Phi) is 4.21. The Morgan fingerprint density at radius 2 is 2.29 bits per heavy atom. The Morgan fingerprint density at radius 1 is 1.59 bits per heavy atom. The lowest BCUT2D eigenvalue weighted by Gasteiger charge is -2.13. The van der Waals surface area contributed by atoms with E-state index in [1.807, 2.05) is 13.8 Å². The van der Waals surface area contributed by atoms with Gasteiger partial charge in [-0.3, -0.25) is 0 Å². The summed E-state index contributed by atoms with van der Waals surface area (Å²) >= 11 is 0. The average molecular weight is 236 g/mol. The lowest BCUT2D eigenvalue weighted by Crippen LogP contribution is -2.08. The molecule has 0 aromatic carbocycles. The normalized spacial score (nSPS) is 11.1. The van der Waals surface area contributed by atoms with Gasteiger partial charge < -0.3 is 10.1 Å². The van der Waals surface area contributed by atoms with Gasteiger partial charge in [-0.25, -0.2) is 0 Å². The third-order valence-electron chi connectivity index (χ3n) is 2.56. The minimum absolute atomic E-state index is 0.123. The highest BCUT2D eigenvalue weighted by molar-refractivity contribution is 5.13. The second-order valence-corrected chi connectivity index (χ2v) is 4.65. The molecule has 0 atom stereocenters. The van der Waals surface area contributed by atoms with E-state index in [0.717, 1.165) is 19.3 Å². The van der Waals surface area contributed by atoms with Crippen LogP contribution in [-0.4, -0.2) is 14.7 Å². The molecule has 0 aliphatic rings. The maximum atomic E-state index is 10.4. The first kappa shape index (κ1) is 13.2. The van der Waals surface area contributed by atoms with E-state index in [4.69, 9.17) is 5.26 Å². The quantitative estimate of drug-likeness (QED) is 0.431. The number of nitriles is 1. The highest BCUT2D eigenvalue weighted by atomic mass is 16.6. The highest BCUT2D eigenvalue weighted by Gasteiger charge is 2.16. The number of aromatic nitrogens is 2. The lowest BCUT2D eigenvalue weighted by molar-refractivity contribution is -0.389. The molecule has 0 aliphatic carbocycles. The van der Waals surface area contributed by atoms with E-state index >= 15 is 0 Å². The molecule has 0 fully saturated rings. The average Bonchev–Trinajstić information content (AvgIpc) is 2.73. The molecule has 92 valence electrons. The zero-order valence-corrected chi connectivity index (χ0v) is 10.1. The third-order valence-corrected chi connectivity index (χ3v) is 2.56. The summed E-state index contributed by atoms with van der Waals surface area (Å²) in [7, 11) is 0. The second kappa shape index (κ2) is 5.43. The molecule has 0 aliphatic heterocycles. The van der Waals surface area contributed by atoms with E-state index in [1.54, 1.807) is 10.9 Å². The molecule has 1 aromatic rings. The molecule has 0 radical (unpaired) electrons. The van der Waals surface area contributed by atoms with Gasteiger partial charge >= 0.3 is 5.82 Å². The number of hydrogen-bond acceptors (Lipinski definition) is 4. The highest BCUT2D eigenvalue weighted by Crippen LogP contribution is 2.21. The fraction of sp³-hybridized carbons (Fsp3) is 0.636. The molecule has 17 heavy (non-hydrogen) atoms. The first-order valence-electron chi connectivity index (χ1n) is 5.54. The largest absolute Gasteiger partial charge is 0.389 e. The molecule has 1 rings (SSSR count). The topological polar surface area (TPSA) is 84.8 Å². The predicted octanol–water partition coefficient (Wildman–Crippen LogP) is 2.51. The van der Waals surface area contributed by atoms with E-state index in [0.29, 0.717) is 6.54 Å². The van der Waals surface area contributed by atoms with Crippen molar-refractivity contribution in [3.63, 3.8) is 0 Å². The van der Waals surface area contributed by atoms with E-state index < -0.39 is 4.92 Å². The molecular weight excluding hydrogens is 220 g/mol. The third kappa shape index (κ3) is 4.23. The summed E-state index contributed by atoms with van der Waals surface area (Å²) in [6.45, 7) is 4.47. The summed E-state index contributed by atoms with van der Waals surface area (Å²) in [4.78, 5) is 9.90. The van der Waals surface area contributed by atoms with Crippen molar-refractivity contribution < 1.29 is 4.92 Å². The zero-order valence-electron chi connectivity index (χ0n) is 10.1. The zero-order chi connectivity index (χ0) is 12.9. The van der Waals surface area contributed by atoms with Crippen LogP contribution in [0.4, 0.5) is 5.82 Å². The fourth-order valence-electron chi connectivity index (χ4n) is 1.47. The Balaban J connectivity index is 2.32. The van der Waals surface area contributed by atoms with Gasteiger partial charge in [-0.15, -0.1) is 0 Å². The van der Waals surface area contributed by atoms with Crippen molar-refractivity contribution in [3.05, 3.63) is 22.4 Å². The number of nitrogens with zero attached hydrogens (tertiary/aromatic N) is 4. The molecule has 0 saturated heterocycles. The molecule has 6 heteroatoms. The van der Waals surface area contributed by atoms with Crippen molar-refractivity contribution >= 4 is 5.82 Å². The summed E-state index contributed by atoms with van der Waals surface area (Å²) in [5.41, 5.74) is -0.296. The van der Waals surface area contributed by atoms with Crippen LogP contribution in [0.2, 0.25) is 0 Å². The molecule has 1 heterocycles. The predicted molar refractivity (Wildman–Crippen MR) is 62.1 cm³/mol. The molecule has 0 bridgehead atoms. The van der Waals surface area contributed by atoms with Gasteiger partial charge in [0.15, 0.2) is 0 Å². The molecule has 6 nitrogen and oxygen atoms in total. The molecule has 0 unspecified atom stereocenters. The standard InChI is InChI=1S/C11H16N4O2/c1-11(2,9-12)6-3-4-7-14-8-5-10(13-14)15(16)17/h5,8H,3-4,6-7H2,1-2H3. The smallest absolute Gasteiger partial charge is 0.358 e. The number of unbranched alkanes of at least 4 members (excludes halogenated alkanes) is 1. The molecule has 1 aromatic heterocycles. The van der Waals surface area contributed by atoms with Crippen LogP contribution in [0.1, 0.15) is 33.1 Å². The Bertz CT molecular complexity index is 431. The van der Waals surface area contributed by atoms with Crippen LogP contribution < -0.4 is 0 Å². The van der Waals surface area contributed by atoms with Crippen LogP contribution in [0.3, 0.4) is 0 Å². The van der Waals surface area contributed by atoms with Crippen LogP contribution in [0.15, 0.2) is 12.3 Å². The Morgan fingerprint density at radius 3 is 2.82 bits per heavy atom. The molecular formula is C11H16N4O2. The van der Waals surface area contributed by atoms with Gasteiger partial charge in [0.2, 0.25) is 0 Å². The van der Waals surface area contributed by atoms with E-state index in [1.165, 1.54) is 6.07 Å². The van der Waals surface area contributed by atoms with Gasteiger partial charge in [0, 0.05) is 0 Å².